The number of carbonyl (C=O) groups is 2. The molecule has 134 valence electrons. The van der Waals surface area contributed by atoms with Gasteiger partial charge in [0.1, 0.15) is 18.8 Å². The Morgan fingerprint density at radius 1 is 1.12 bits per heavy atom. The Balaban J connectivity index is 1.63. The van der Waals surface area contributed by atoms with Crippen LogP contribution in [0.2, 0.25) is 0 Å². The molecule has 1 N–H and O–H groups in total. The molecule has 3 amide bonds. The Kier molecular flexibility index (Phi) is 4.11. The van der Waals surface area contributed by atoms with E-state index in [4.69, 9.17) is 9.47 Å². The number of nitrogens with one attached hydrogen (secondary N) is 1. The molecule has 0 spiro atoms. The van der Waals surface area contributed by atoms with E-state index in [0.717, 1.165) is 15.6 Å². The third kappa shape index (κ3) is 2.72. The molecule has 2 aromatic rings. The van der Waals surface area contributed by atoms with Gasteiger partial charge in [-0.2, -0.15) is 0 Å². The molecule has 6 nitrogen and oxygen atoms in total. The van der Waals surface area contributed by atoms with Crippen molar-refractivity contribution in [1.82, 2.24) is 10.2 Å². The molecule has 0 bridgehead atoms. The molecule has 0 aliphatic carbocycles. The summed E-state index contributed by atoms with van der Waals surface area (Å²) in [6.07, 6.45) is 0. The Morgan fingerprint density at radius 2 is 1.77 bits per heavy atom. The zero-order chi connectivity index (χ0) is 18.3. The molecule has 26 heavy (non-hydrogen) atoms. The predicted molar refractivity (Wildman–Crippen MR) is 98.0 cm³/mol. The lowest BCUT2D eigenvalue weighted by Gasteiger charge is -2.23. The third-order valence-electron chi connectivity index (χ3n) is 4.67. The number of carbonyl (C=O) groups excluding carboxylic acids is 2. The Bertz CT molecular complexity index is 887. The normalized spacial score (nSPS) is 21.7. The quantitative estimate of drug-likeness (QED) is 0.780. The van der Waals surface area contributed by atoms with E-state index in [-0.39, 0.29) is 12.5 Å². The number of amides is 3. The highest BCUT2D eigenvalue weighted by atomic mass is 79.9. The predicted octanol–water partition coefficient (Wildman–Crippen LogP) is 3.19. The molecular formula is C19H17BrN2O4. The lowest BCUT2D eigenvalue weighted by molar-refractivity contribution is -0.131. The SMILES string of the molecule is C[C@]1(c2ccccc2)NC(=O)N(Cc2cc3c(cc2Br)OCCO3)C1=O. The average molecular weight is 417 g/mol. The summed E-state index contributed by atoms with van der Waals surface area (Å²) in [5.74, 6) is 0.987. The van der Waals surface area contributed by atoms with Crippen LogP contribution in [0.5, 0.6) is 11.5 Å². The smallest absolute Gasteiger partial charge is 0.325 e. The molecule has 1 atom stereocenters. The van der Waals surface area contributed by atoms with Gasteiger partial charge in [-0.3, -0.25) is 9.69 Å². The summed E-state index contributed by atoms with van der Waals surface area (Å²) in [6, 6.07) is 12.4. The van der Waals surface area contributed by atoms with Crippen molar-refractivity contribution in [3.63, 3.8) is 0 Å². The molecule has 1 saturated heterocycles. The first-order chi connectivity index (χ1) is 12.5. The van der Waals surface area contributed by atoms with Crippen molar-refractivity contribution in [3.8, 4) is 11.5 Å². The first kappa shape index (κ1) is 16.9. The summed E-state index contributed by atoms with van der Waals surface area (Å²) in [5.41, 5.74) is 0.454. The van der Waals surface area contributed by atoms with Crippen molar-refractivity contribution in [1.29, 1.82) is 0 Å². The van der Waals surface area contributed by atoms with Crippen LogP contribution >= 0.6 is 15.9 Å². The maximum absolute atomic E-state index is 13.0. The minimum absolute atomic E-state index is 0.143. The van der Waals surface area contributed by atoms with E-state index < -0.39 is 11.6 Å². The van der Waals surface area contributed by atoms with Gasteiger partial charge in [0.15, 0.2) is 11.5 Å². The Hall–Kier alpha value is -2.54. The molecular weight excluding hydrogens is 400 g/mol. The van der Waals surface area contributed by atoms with Crippen molar-refractivity contribution < 1.29 is 19.1 Å². The molecule has 0 aromatic heterocycles. The van der Waals surface area contributed by atoms with Crippen LogP contribution in [0.3, 0.4) is 0 Å². The molecule has 7 heteroatoms. The van der Waals surface area contributed by atoms with Crippen molar-refractivity contribution in [2.75, 3.05) is 13.2 Å². The van der Waals surface area contributed by atoms with Gasteiger partial charge in [0, 0.05) is 4.47 Å². The number of ether oxygens (including phenoxy) is 2. The fourth-order valence-corrected chi connectivity index (χ4v) is 3.65. The van der Waals surface area contributed by atoms with Gasteiger partial charge < -0.3 is 14.8 Å². The highest BCUT2D eigenvalue weighted by Gasteiger charge is 2.48. The van der Waals surface area contributed by atoms with Crippen LogP contribution in [-0.4, -0.2) is 30.1 Å². The molecule has 2 aliphatic rings. The van der Waals surface area contributed by atoms with E-state index in [1.807, 2.05) is 30.3 Å². The molecule has 2 aliphatic heterocycles. The standard InChI is InChI=1S/C19H17BrN2O4/c1-19(13-5-3-2-4-6-13)17(23)22(18(24)21-19)11-12-9-15-16(10-14(12)20)26-8-7-25-15/h2-6,9-10H,7-8,11H2,1H3,(H,21,24)/t19-/m1/s1. The van der Waals surface area contributed by atoms with Crippen LogP contribution in [0, 0.1) is 0 Å². The van der Waals surface area contributed by atoms with E-state index >= 15 is 0 Å². The fraction of sp³-hybridized carbons (Fsp3) is 0.263. The van der Waals surface area contributed by atoms with Crippen molar-refractivity contribution in [3.05, 3.63) is 58.1 Å². The monoisotopic (exact) mass is 416 g/mol. The molecule has 0 unspecified atom stereocenters. The van der Waals surface area contributed by atoms with Gasteiger partial charge in [0.05, 0.1) is 6.54 Å². The highest BCUT2D eigenvalue weighted by molar-refractivity contribution is 9.10. The van der Waals surface area contributed by atoms with Crippen LogP contribution in [0.15, 0.2) is 46.9 Å². The van der Waals surface area contributed by atoms with Crippen LogP contribution in [0.25, 0.3) is 0 Å². The lowest BCUT2D eigenvalue weighted by Crippen LogP contribution is -2.40. The minimum Gasteiger partial charge on any atom is -0.486 e. The first-order valence-corrected chi connectivity index (χ1v) is 9.06. The van der Waals surface area contributed by atoms with Crippen LogP contribution in [0.1, 0.15) is 18.1 Å². The van der Waals surface area contributed by atoms with Gasteiger partial charge in [-0.25, -0.2) is 4.79 Å². The number of hydrogen-bond acceptors (Lipinski definition) is 4. The zero-order valence-electron chi connectivity index (χ0n) is 14.1. The highest BCUT2D eigenvalue weighted by Crippen LogP contribution is 2.37. The van der Waals surface area contributed by atoms with Crippen molar-refractivity contribution in [2.45, 2.75) is 19.0 Å². The number of urea groups is 1. The average Bonchev–Trinajstić information content (AvgIpc) is 2.87. The molecule has 0 saturated carbocycles. The maximum Gasteiger partial charge on any atom is 0.325 e. The second kappa shape index (κ2) is 6.32. The topological polar surface area (TPSA) is 67.9 Å². The Labute approximate surface area is 159 Å². The second-order valence-corrected chi connectivity index (χ2v) is 7.25. The number of imide groups is 1. The number of rotatable bonds is 3. The minimum atomic E-state index is -1.07. The van der Waals surface area contributed by atoms with Gasteiger partial charge in [0.25, 0.3) is 5.91 Å². The molecule has 2 aromatic carbocycles. The zero-order valence-corrected chi connectivity index (χ0v) is 15.7. The lowest BCUT2D eigenvalue weighted by atomic mass is 9.92. The summed E-state index contributed by atoms with van der Waals surface area (Å²) in [6.45, 7) is 2.84. The van der Waals surface area contributed by atoms with Crippen LogP contribution in [0.4, 0.5) is 4.79 Å². The molecule has 4 rings (SSSR count). The number of nitrogens with zero attached hydrogens (tertiary/aromatic N) is 1. The summed E-state index contributed by atoms with van der Waals surface area (Å²) in [5, 5.41) is 2.81. The fourth-order valence-electron chi connectivity index (χ4n) is 3.21. The van der Waals surface area contributed by atoms with Crippen LogP contribution in [-0.2, 0) is 16.9 Å². The van der Waals surface area contributed by atoms with E-state index in [1.54, 1.807) is 19.1 Å². The molecule has 2 heterocycles. The van der Waals surface area contributed by atoms with Gasteiger partial charge >= 0.3 is 6.03 Å². The largest absolute Gasteiger partial charge is 0.486 e. The summed E-state index contributed by atoms with van der Waals surface area (Å²) < 4.78 is 11.9. The number of halogens is 1. The van der Waals surface area contributed by atoms with Gasteiger partial charge in [-0.15, -0.1) is 0 Å². The third-order valence-corrected chi connectivity index (χ3v) is 5.40. The first-order valence-electron chi connectivity index (χ1n) is 8.27. The van der Waals surface area contributed by atoms with E-state index in [0.29, 0.717) is 24.7 Å². The number of benzene rings is 2. The number of hydrogen-bond donors (Lipinski definition) is 1. The summed E-state index contributed by atoms with van der Waals surface area (Å²) in [4.78, 5) is 26.7. The van der Waals surface area contributed by atoms with Crippen molar-refractivity contribution in [2.24, 2.45) is 0 Å². The maximum atomic E-state index is 13.0. The van der Waals surface area contributed by atoms with E-state index in [9.17, 15) is 9.59 Å². The second-order valence-electron chi connectivity index (χ2n) is 6.40. The summed E-state index contributed by atoms with van der Waals surface area (Å²) >= 11 is 3.49. The van der Waals surface area contributed by atoms with Gasteiger partial charge in [-0.05, 0) is 30.2 Å². The molecule has 0 radical (unpaired) electrons. The number of fused-ring (bicyclic) bond motifs is 1. The van der Waals surface area contributed by atoms with Crippen molar-refractivity contribution >= 4 is 27.9 Å². The van der Waals surface area contributed by atoms with E-state index in [1.165, 1.54) is 4.90 Å². The van der Waals surface area contributed by atoms with E-state index in [2.05, 4.69) is 21.2 Å². The van der Waals surface area contributed by atoms with Gasteiger partial charge in [0.2, 0.25) is 0 Å². The Morgan fingerprint density at radius 3 is 2.46 bits per heavy atom. The van der Waals surface area contributed by atoms with Crippen LogP contribution < -0.4 is 14.8 Å². The summed E-state index contributed by atoms with van der Waals surface area (Å²) in [7, 11) is 0. The van der Waals surface area contributed by atoms with Gasteiger partial charge in [-0.1, -0.05) is 46.3 Å². The molecule has 1 fully saturated rings.